The zero-order chi connectivity index (χ0) is 20.5. The number of hydrogen-bond acceptors (Lipinski definition) is 3. The van der Waals surface area contributed by atoms with Crippen LogP contribution in [0.15, 0.2) is 78.9 Å². The molecule has 0 aliphatic carbocycles. The predicted molar refractivity (Wildman–Crippen MR) is 108 cm³/mol. The number of rotatable bonds is 7. The Balaban J connectivity index is 1.52. The second kappa shape index (κ2) is 10.0. The number of nitrogens with one attached hydrogen (secondary N) is 2. The van der Waals surface area contributed by atoms with Crippen molar-refractivity contribution in [3.63, 3.8) is 0 Å². The van der Waals surface area contributed by atoms with Crippen molar-refractivity contribution in [2.24, 2.45) is 0 Å². The normalized spacial score (nSPS) is 10.2. The van der Waals surface area contributed by atoms with E-state index in [0.717, 1.165) is 11.1 Å². The second-order valence-corrected chi connectivity index (χ2v) is 6.40. The van der Waals surface area contributed by atoms with Crippen LogP contribution < -0.4 is 15.6 Å². The van der Waals surface area contributed by atoms with Crippen LogP contribution in [0.5, 0.6) is 5.75 Å². The Bertz CT molecular complexity index is 959. The minimum absolute atomic E-state index is 0.189. The Labute approximate surface area is 168 Å². The van der Waals surface area contributed by atoms with E-state index in [0.29, 0.717) is 12.2 Å². The molecule has 148 valence electrons. The second-order valence-electron chi connectivity index (χ2n) is 6.40. The molecule has 29 heavy (non-hydrogen) atoms. The Hall–Kier alpha value is -3.67. The van der Waals surface area contributed by atoms with Gasteiger partial charge in [0.25, 0.3) is 5.91 Å². The van der Waals surface area contributed by atoms with Gasteiger partial charge in [0.15, 0.2) is 0 Å². The molecule has 3 rings (SSSR count). The van der Waals surface area contributed by atoms with Gasteiger partial charge in [0, 0.05) is 6.42 Å². The van der Waals surface area contributed by atoms with E-state index < -0.39 is 5.91 Å². The third-order valence-electron chi connectivity index (χ3n) is 4.24. The molecule has 0 atom stereocenters. The molecule has 0 unspecified atom stereocenters. The van der Waals surface area contributed by atoms with Gasteiger partial charge in [0.2, 0.25) is 5.91 Å². The van der Waals surface area contributed by atoms with E-state index in [1.807, 2.05) is 30.3 Å². The van der Waals surface area contributed by atoms with Crippen LogP contribution in [0, 0.1) is 5.82 Å². The maximum atomic E-state index is 13.0. The standard InChI is InChI=1S/C23H21FN2O3/c24-19-13-10-18(11-14-19)16-29-21-9-5-4-8-20(21)23(28)26-25-22(27)15-12-17-6-2-1-3-7-17/h1-11,13-14H,12,15-16H2,(H,25,27)(H,26,28). The number of halogens is 1. The lowest BCUT2D eigenvalue weighted by molar-refractivity contribution is -0.121. The maximum Gasteiger partial charge on any atom is 0.273 e. The lowest BCUT2D eigenvalue weighted by Gasteiger charge is -2.12. The quantitative estimate of drug-likeness (QED) is 0.601. The fourth-order valence-electron chi connectivity index (χ4n) is 2.68. The van der Waals surface area contributed by atoms with E-state index >= 15 is 0 Å². The van der Waals surface area contributed by atoms with Crippen LogP contribution in [0.4, 0.5) is 4.39 Å². The summed E-state index contributed by atoms with van der Waals surface area (Å²) < 4.78 is 18.7. The molecule has 2 amide bonds. The highest BCUT2D eigenvalue weighted by molar-refractivity contribution is 5.97. The molecule has 0 saturated carbocycles. The summed E-state index contributed by atoms with van der Waals surface area (Å²) in [5.74, 6) is -0.718. The van der Waals surface area contributed by atoms with Crippen molar-refractivity contribution in [1.82, 2.24) is 10.9 Å². The van der Waals surface area contributed by atoms with Gasteiger partial charge in [-0.2, -0.15) is 0 Å². The van der Waals surface area contributed by atoms with Gasteiger partial charge in [-0.1, -0.05) is 54.6 Å². The van der Waals surface area contributed by atoms with Crippen LogP contribution in [0.2, 0.25) is 0 Å². The molecule has 0 aliphatic rings. The summed E-state index contributed by atoms with van der Waals surface area (Å²) in [5, 5.41) is 0. The molecule has 0 spiro atoms. The van der Waals surface area contributed by atoms with Gasteiger partial charge in [-0.15, -0.1) is 0 Å². The Morgan fingerprint density at radius 1 is 0.793 bits per heavy atom. The molecule has 0 radical (unpaired) electrons. The number of amides is 2. The molecule has 6 heteroatoms. The molecule has 0 aromatic heterocycles. The SMILES string of the molecule is O=C(CCc1ccccc1)NNC(=O)c1ccccc1OCc1ccc(F)cc1. The number of carbonyl (C=O) groups is 2. The van der Waals surface area contributed by atoms with Crippen LogP contribution in [0.25, 0.3) is 0 Å². The smallest absolute Gasteiger partial charge is 0.273 e. The molecule has 0 aliphatic heterocycles. The van der Waals surface area contributed by atoms with E-state index in [4.69, 9.17) is 4.74 Å². The van der Waals surface area contributed by atoms with E-state index in [1.165, 1.54) is 12.1 Å². The highest BCUT2D eigenvalue weighted by Crippen LogP contribution is 2.19. The Kier molecular flexibility index (Phi) is 6.95. The summed E-state index contributed by atoms with van der Waals surface area (Å²) in [7, 11) is 0. The number of carbonyl (C=O) groups excluding carboxylic acids is 2. The summed E-state index contributed by atoms with van der Waals surface area (Å²) in [4.78, 5) is 24.4. The first-order valence-electron chi connectivity index (χ1n) is 9.21. The number of ether oxygens (including phenoxy) is 1. The van der Waals surface area contributed by atoms with Crippen molar-refractivity contribution >= 4 is 11.8 Å². The molecule has 0 heterocycles. The van der Waals surface area contributed by atoms with Crippen LogP contribution in [-0.2, 0) is 17.8 Å². The van der Waals surface area contributed by atoms with Crippen molar-refractivity contribution in [2.45, 2.75) is 19.4 Å². The number of para-hydroxylation sites is 1. The van der Waals surface area contributed by atoms with Crippen LogP contribution in [0.3, 0.4) is 0 Å². The molecular weight excluding hydrogens is 371 g/mol. The maximum absolute atomic E-state index is 13.0. The molecule has 0 bridgehead atoms. The summed E-state index contributed by atoms with van der Waals surface area (Å²) >= 11 is 0. The van der Waals surface area contributed by atoms with Crippen LogP contribution in [-0.4, -0.2) is 11.8 Å². The summed E-state index contributed by atoms with van der Waals surface area (Å²) in [6, 6.07) is 22.3. The van der Waals surface area contributed by atoms with Crippen molar-refractivity contribution in [3.05, 3.63) is 101 Å². The molecule has 0 saturated heterocycles. The number of hydrazine groups is 1. The molecule has 0 fully saturated rings. The summed E-state index contributed by atoms with van der Waals surface area (Å²) in [6.45, 7) is 0.189. The highest BCUT2D eigenvalue weighted by Gasteiger charge is 2.13. The molecule has 3 aromatic rings. The average Bonchev–Trinajstić information content (AvgIpc) is 2.76. The van der Waals surface area contributed by atoms with Gasteiger partial charge in [-0.05, 0) is 41.8 Å². The van der Waals surface area contributed by atoms with Gasteiger partial charge in [0.1, 0.15) is 18.2 Å². The largest absolute Gasteiger partial charge is 0.488 e. The van der Waals surface area contributed by atoms with Crippen molar-refractivity contribution in [2.75, 3.05) is 0 Å². The third-order valence-corrected chi connectivity index (χ3v) is 4.24. The van der Waals surface area contributed by atoms with Crippen LogP contribution >= 0.6 is 0 Å². The molecule has 2 N–H and O–H groups in total. The van der Waals surface area contributed by atoms with Crippen LogP contribution in [0.1, 0.15) is 27.9 Å². The first kappa shape index (κ1) is 20.1. The Morgan fingerprint density at radius 3 is 2.24 bits per heavy atom. The van der Waals surface area contributed by atoms with Gasteiger partial charge >= 0.3 is 0 Å². The molecular formula is C23H21FN2O3. The minimum atomic E-state index is -0.479. The van der Waals surface area contributed by atoms with E-state index in [-0.39, 0.29) is 30.3 Å². The third kappa shape index (κ3) is 6.17. The zero-order valence-electron chi connectivity index (χ0n) is 15.7. The topological polar surface area (TPSA) is 67.4 Å². The minimum Gasteiger partial charge on any atom is -0.488 e. The summed E-state index contributed by atoms with van der Waals surface area (Å²) in [5.41, 5.74) is 6.95. The van der Waals surface area contributed by atoms with Crippen molar-refractivity contribution < 1.29 is 18.7 Å². The first-order valence-corrected chi connectivity index (χ1v) is 9.21. The van der Waals surface area contributed by atoms with Gasteiger partial charge < -0.3 is 4.74 Å². The van der Waals surface area contributed by atoms with Gasteiger partial charge in [-0.25, -0.2) is 4.39 Å². The summed E-state index contributed by atoms with van der Waals surface area (Å²) in [6.07, 6.45) is 0.840. The number of benzene rings is 3. The number of hydrogen-bond donors (Lipinski definition) is 2. The van der Waals surface area contributed by atoms with Crippen molar-refractivity contribution in [1.29, 1.82) is 0 Å². The lowest BCUT2D eigenvalue weighted by Crippen LogP contribution is -2.41. The fraction of sp³-hybridized carbons (Fsp3) is 0.130. The molecule has 5 nitrogen and oxygen atoms in total. The zero-order valence-corrected chi connectivity index (χ0v) is 15.7. The molecule has 3 aromatic carbocycles. The Morgan fingerprint density at radius 2 is 1.48 bits per heavy atom. The van der Waals surface area contributed by atoms with Gasteiger partial charge in [-0.3, -0.25) is 20.4 Å². The average molecular weight is 392 g/mol. The number of aryl methyl sites for hydroxylation is 1. The lowest BCUT2D eigenvalue weighted by atomic mass is 10.1. The van der Waals surface area contributed by atoms with E-state index in [9.17, 15) is 14.0 Å². The van der Waals surface area contributed by atoms with E-state index in [1.54, 1.807) is 36.4 Å². The predicted octanol–water partition coefficient (Wildman–Crippen LogP) is 3.80. The first-order chi connectivity index (χ1) is 14.1. The van der Waals surface area contributed by atoms with E-state index in [2.05, 4.69) is 10.9 Å². The van der Waals surface area contributed by atoms with Crippen molar-refractivity contribution in [3.8, 4) is 5.75 Å². The monoisotopic (exact) mass is 392 g/mol. The van der Waals surface area contributed by atoms with Gasteiger partial charge in [0.05, 0.1) is 5.56 Å². The highest BCUT2D eigenvalue weighted by atomic mass is 19.1. The fourth-order valence-corrected chi connectivity index (χ4v) is 2.68.